The van der Waals surface area contributed by atoms with Gasteiger partial charge in [0.15, 0.2) is 0 Å². The van der Waals surface area contributed by atoms with Crippen LogP contribution in [0.4, 0.5) is 4.39 Å². The number of carbonyl (C=O) groups is 1. The molecule has 1 unspecified atom stereocenters. The Morgan fingerprint density at radius 3 is 2.76 bits per heavy atom. The highest BCUT2D eigenvalue weighted by Crippen LogP contribution is 2.50. The summed E-state index contributed by atoms with van der Waals surface area (Å²) in [6, 6.07) is 4.89. The number of amides is 1. The number of hydrogen-bond donors (Lipinski definition) is 1. The van der Waals surface area contributed by atoms with Crippen molar-refractivity contribution in [3.8, 4) is 0 Å². The zero-order chi connectivity index (χ0) is 12.6. The second-order valence-electron chi connectivity index (χ2n) is 5.54. The molecule has 0 heterocycles. The van der Waals surface area contributed by atoms with E-state index < -0.39 is 5.82 Å². The molecule has 0 spiro atoms. The van der Waals surface area contributed by atoms with Crippen LogP contribution < -0.4 is 5.32 Å². The van der Waals surface area contributed by atoms with E-state index >= 15 is 0 Å². The van der Waals surface area contributed by atoms with Crippen LogP contribution in [0.2, 0.25) is 0 Å². The first-order valence-electron chi connectivity index (χ1n) is 5.95. The molecular formula is C14H18FNO. The minimum Gasteiger partial charge on any atom is -0.352 e. The molecular weight excluding hydrogens is 217 g/mol. The van der Waals surface area contributed by atoms with E-state index in [0.29, 0.717) is 23.4 Å². The number of benzene rings is 1. The third-order valence-corrected chi connectivity index (χ3v) is 3.66. The lowest BCUT2D eigenvalue weighted by Crippen LogP contribution is -2.27. The van der Waals surface area contributed by atoms with Gasteiger partial charge in [0.2, 0.25) is 0 Å². The molecule has 0 radical (unpaired) electrons. The fourth-order valence-corrected chi connectivity index (χ4v) is 2.06. The Kier molecular flexibility index (Phi) is 2.94. The Bertz CT molecular complexity index is 454. The van der Waals surface area contributed by atoms with Gasteiger partial charge in [-0.25, -0.2) is 4.39 Å². The highest BCUT2D eigenvalue weighted by Gasteiger charge is 2.45. The summed E-state index contributed by atoms with van der Waals surface area (Å²) in [5.74, 6) is -0.201. The van der Waals surface area contributed by atoms with E-state index in [1.54, 1.807) is 19.1 Å². The third-order valence-electron chi connectivity index (χ3n) is 3.66. The van der Waals surface area contributed by atoms with Gasteiger partial charge in [-0.15, -0.1) is 0 Å². The first-order chi connectivity index (χ1) is 7.92. The molecule has 1 saturated carbocycles. The second kappa shape index (κ2) is 4.13. The van der Waals surface area contributed by atoms with Crippen LogP contribution in [0.5, 0.6) is 0 Å². The van der Waals surface area contributed by atoms with Crippen molar-refractivity contribution in [2.75, 3.05) is 6.54 Å². The van der Waals surface area contributed by atoms with Crippen LogP contribution >= 0.6 is 0 Å². The van der Waals surface area contributed by atoms with Gasteiger partial charge >= 0.3 is 0 Å². The third kappa shape index (κ3) is 2.48. The van der Waals surface area contributed by atoms with Crippen molar-refractivity contribution < 1.29 is 9.18 Å². The maximum Gasteiger partial charge on any atom is 0.254 e. The molecule has 3 heteroatoms. The molecule has 17 heavy (non-hydrogen) atoms. The van der Waals surface area contributed by atoms with Crippen LogP contribution in [0.1, 0.15) is 36.2 Å². The normalized spacial score (nSPS) is 21.1. The summed E-state index contributed by atoms with van der Waals surface area (Å²) in [6.45, 7) is 6.66. The van der Waals surface area contributed by atoms with Crippen LogP contribution in [0, 0.1) is 24.1 Å². The zero-order valence-electron chi connectivity index (χ0n) is 10.5. The van der Waals surface area contributed by atoms with Crippen molar-refractivity contribution in [3.63, 3.8) is 0 Å². The van der Waals surface area contributed by atoms with Gasteiger partial charge in [-0.05, 0) is 36.3 Å². The van der Waals surface area contributed by atoms with E-state index in [1.807, 2.05) is 0 Å². The van der Waals surface area contributed by atoms with Crippen LogP contribution in [-0.4, -0.2) is 12.5 Å². The van der Waals surface area contributed by atoms with Crippen molar-refractivity contribution in [2.45, 2.75) is 27.2 Å². The molecule has 92 valence electrons. The predicted molar refractivity (Wildman–Crippen MR) is 65.4 cm³/mol. The molecule has 0 aromatic heterocycles. The lowest BCUT2D eigenvalue weighted by Gasteiger charge is -2.08. The molecule has 0 aliphatic heterocycles. The second-order valence-corrected chi connectivity index (χ2v) is 5.54. The first-order valence-corrected chi connectivity index (χ1v) is 5.95. The summed E-state index contributed by atoms with van der Waals surface area (Å²) in [7, 11) is 0. The highest BCUT2D eigenvalue weighted by atomic mass is 19.1. The van der Waals surface area contributed by atoms with Crippen LogP contribution in [0.3, 0.4) is 0 Å². The van der Waals surface area contributed by atoms with Gasteiger partial charge in [-0.3, -0.25) is 4.79 Å². The van der Waals surface area contributed by atoms with Crippen LogP contribution in [-0.2, 0) is 0 Å². The molecule has 1 atom stereocenters. The Hall–Kier alpha value is -1.38. The van der Waals surface area contributed by atoms with E-state index in [0.717, 1.165) is 6.42 Å². The largest absolute Gasteiger partial charge is 0.352 e. The maximum atomic E-state index is 13.7. The van der Waals surface area contributed by atoms with Gasteiger partial charge in [0.05, 0.1) is 5.56 Å². The Labute approximate surface area is 101 Å². The monoisotopic (exact) mass is 235 g/mol. The van der Waals surface area contributed by atoms with E-state index in [1.165, 1.54) is 6.07 Å². The maximum absolute atomic E-state index is 13.7. The number of hydrogen-bond acceptors (Lipinski definition) is 1. The molecule has 0 saturated heterocycles. The highest BCUT2D eigenvalue weighted by molar-refractivity contribution is 5.94. The van der Waals surface area contributed by atoms with E-state index in [2.05, 4.69) is 19.2 Å². The molecule has 1 aliphatic carbocycles. The summed E-state index contributed by atoms with van der Waals surface area (Å²) < 4.78 is 13.7. The first kappa shape index (κ1) is 12.1. The van der Waals surface area contributed by atoms with Gasteiger partial charge in [0.25, 0.3) is 5.91 Å². The number of carbonyl (C=O) groups excluding carboxylic acids is 1. The van der Waals surface area contributed by atoms with Crippen molar-refractivity contribution in [2.24, 2.45) is 11.3 Å². The molecule has 0 bridgehead atoms. The standard InChI is InChI=1S/C14H18FNO/c1-9-5-4-6-11(12(9)15)13(17)16-8-10-7-14(10,2)3/h4-6,10H,7-8H2,1-3H3,(H,16,17). The lowest BCUT2D eigenvalue weighted by molar-refractivity contribution is 0.0946. The van der Waals surface area contributed by atoms with Gasteiger partial charge in [0.1, 0.15) is 5.82 Å². The Balaban J connectivity index is 1.98. The lowest BCUT2D eigenvalue weighted by atomic mass is 10.1. The average Bonchev–Trinajstić information content (AvgIpc) is 2.87. The van der Waals surface area contributed by atoms with Crippen molar-refractivity contribution in [3.05, 3.63) is 35.1 Å². The van der Waals surface area contributed by atoms with Crippen molar-refractivity contribution in [1.82, 2.24) is 5.32 Å². The summed E-state index contributed by atoms with van der Waals surface area (Å²) in [5.41, 5.74) is 0.978. The summed E-state index contributed by atoms with van der Waals surface area (Å²) >= 11 is 0. The zero-order valence-corrected chi connectivity index (χ0v) is 10.5. The molecule has 1 aromatic rings. The number of nitrogens with one attached hydrogen (secondary N) is 1. The van der Waals surface area contributed by atoms with E-state index in [-0.39, 0.29) is 11.5 Å². The average molecular weight is 235 g/mol. The minimum atomic E-state index is -0.417. The molecule has 1 aromatic carbocycles. The topological polar surface area (TPSA) is 29.1 Å². The molecule has 2 rings (SSSR count). The number of aryl methyl sites for hydroxylation is 1. The van der Waals surface area contributed by atoms with E-state index in [4.69, 9.17) is 0 Å². The molecule has 1 amide bonds. The number of rotatable bonds is 3. The molecule has 1 aliphatic rings. The quantitative estimate of drug-likeness (QED) is 0.857. The van der Waals surface area contributed by atoms with Gasteiger partial charge in [-0.1, -0.05) is 26.0 Å². The molecule has 2 nitrogen and oxygen atoms in total. The smallest absolute Gasteiger partial charge is 0.254 e. The van der Waals surface area contributed by atoms with Gasteiger partial charge < -0.3 is 5.32 Å². The van der Waals surface area contributed by atoms with Crippen LogP contribution in [0.25, 0.3) is 0 Å². The molecule has 1 fully saturated rings. The fourth-order valence-electron chi connectivity index (χ4n) is 2.06. The van der Waals surface area contributed by atoms with E-state index in [9.17, 15) is 9.18 Å². The van der Waals surface area contributed by atoms with Gasteiger partial charge in [-0.2, -0.15) is 0 Å². The Morgan fingerprint density at radius 2 is 2.18 bits per heavy atom. The number of halogens is 1. The van der Waals surface area contributed by atoms with Gasteiger partial charge in [0, 0.05) is 6.54 Å². The summed E-state index contributed by atoms with van der Waals surface area (Å²) in [6.07, 6.45) is 1.13. The summed E-state index contributed by atoms with van der Waals surface area (Å²) in [4.78, 5) is 11.8. The summed E-state index contributed by atoms with van der Waals surface area (Å²) in [5, 5.41) is 2.81. The SMILES string of the molecule is Cc1cccc(C(=O)NCC2CC2(C)C)c1F. The van der Waals surface area contributed by atoms with Crippen LogP contribution in [0.15, 0.2) is 18.2 Å². The fraction of sp³-hybridized carbons (Fsp3) is 0.500. The van der Waals surface area contributed by atoms with Crippen molar-refractivity contribution in [1.29, 1.82) is 0 Å². The molecule has 1 N–H and O–H groups in total. The minimum absolute atomic E-state index is 0.142. The van der Waals surface area contributed by atoms with Crippen molar-refractivity contribution >= 4 is 5.91 Å². The predicted octanol–water partition coefficient (Wildman–Crippen LogP) is 2.91. The Morgan fingerprint density at radius 1 is 1.53 bits per heavy atom.